The Kier molecular flexibility index (Phi) is 6.78. The number of alkyl halides is 2. The van der Waals surface area contributed by atoms with Crippen molar-refractivity contribution in [2.24, 2.45) is 0 Å². The summed E-state index contributed by atoms with van der Waals surface area (Å²) in [5, 5.41) is 3.23. The number of likely N-dealkylation sites (N-methyl/N-ethyl adjacent to an activating group) is 1. The van der Waals surface area contributed by atoms with Crippen LogP contribution in [0.1, 0.15) is 31.7 Å². The molecule has 1 unspecified atom stereocenters. The molecule has 0 bridgehead atoms. The second-order valence-corrected chi connectivity index (χ2v) is 5.79. The van der Waals surface area contributed by atoms with Gasteiger partial charge in [-0.15, -0.1) is 0 Å². The number of nitrogens with zero attached hydrogens (tertiary/aromatic N) is 1. The number of carbonyl (C=O) groups is 1. The molecule has 1 aromatic rings. The number of hydrogen-bond acceptors (Lipinski definition) is 4. The van der Waals surface area contributed by atoms with Crippen molar-refractivity contribution in [2.45, 2.75) is 45.4 Å². The molecule has 1 aliphatic rings. The summed E-state index contributed by atoms with van der Waals surface area (Å²) in [6.07, 6.45) is 2.98. The Morgan fingerprint density at radius 3 is 2.79 bits per heavy atom. The molecule has 5 nitrogen and oxygen atoms in total. The van der Waals surface area contributed by atoms with Crippen molar-refractivity contribution in [3.8, 4) is 11.5 Å². The standard InChI is InChI=1S/C17H24F2N2O3/c1-3-23-15-10-12(7-8-14(15)24-17(18)19)11-21(2)16(22)13-6-4-5-9-20-13/h7-8,10,13,17,20H,3-6,9,11H2,1-2H3. The van der Waals surface area contributed by atoms with Crippen LogP contribution in [-0.2, 0) is 11.3 Å². The van der Waals surface area contributed by atoms with Gasteiger partial charge in [0.05, 0.1) is 12.6 Å². The Labute approximate surface area is 140 Å². The van der Waals surface area contributed by atoms with E-state index in [0.29, 0.717) is 13.2 Å². The highest BCUT2D eigenvalue weighted by Crippen LogP contribution is 2.30. The first-order valence-electron chi connectivity index (χ1n) is 8.20. The van der Waals surface area contributed by atoms with Crippen LogP contribution in [0.3, 0.4) is 0 Å². The van der Waals surface area contributed by atoms with Gasteiger partial charge >= 0.3 is 6.61 Å². The minimum absolute atomic E-state index is 0.00136. The zero-order chi connectivity index (χ0) is 17.5. The van der Waals surface area contributed by atoms with Crippen LogP contribution in [0.25, 0.3) is 0 Å². The summed E-state index contributed by atoms with van der Waals surface area (Å²) in [7, 11) is 1.74. The average Bonchev–Trinajstić information content (AvgIpc) is 2.57. The van der Waals surface area contributed by atoms with Gasteiger partial charge in [-0.3, -0.25) is 4.79 Å². The number of benzene rings is 1. The van der Waals surface area contributed by atoms with Crippen molar-refractivity contribution >= 4 is 5.91 Å². The first-order chi connectivity index (χ1) is 11.5. The van der Waals surface area contributed by atoms with Crippen LogP contribution in [0.2, 0.25) is 0 Å². The van der Waals surface area contributed by atoms with E-state index in [9.17, 15) is 13.6 Å². The number of amides is 1. The first kappa shape index (κ1) is 18.4. The van der Waals surface area contributed by atoms with Gasteiger partial charge in [-0.05, 0) is 44.0 Å². The van der Waals surface area contributed by atoms with Crippen molar-refractivity contribution < 1.29 is 23.0 Å². The molecule has 0 aliphatic carbocycles. The monoisotopic (exact) mass is 342 g/mol. The summed E-state index contributed by atoms with van der Waals surface area (Å²) in [4.78, 5) is 14.1. The van der Waals surface area contributed by atoms with Crippen molar-refractivity contribution in [3.05, 3.63) is 23.8 Å². The molecule has 1 atom stereocenters. The minimum Gasteiger partial charge on any atom is -0.490 e. The predicted octanol–water partition coefficient (Wildman–Crippen LogP) is 2.79. The Morgan fingerprint density at radius 1 is 1.38 bits per heavy atom. The lowest BCUT2D eigenvalue weighted by Crippen LogP contribution is -2.46. The summed E-state index contributed by atoms with van der Waals surface area (Å²) in [6.45, 7) is 0.439. The maximum Gasteiger partial charge on any atom is 0.387 e. The average molecular weight is 342 g/mol. The Hall–Kier alpha value is -1.89. The van der Waals surface area contributed by atoms with E-state index in [1.54, 1.807) is 31.0 Å². The Balaban J connectivity index is 2.05. The SMILES string of the molecule is CCOc1cc(CN(C)C(=O)C2CCCCN2)ccc1OC(F)F. The lowest BCUT2D eigenvalue weighted by atomic mass is 10.0. The molecule has 2 rings (SSSR count). The minimum atomic E-state index is -2.91. The van der Waals surface area contributed by atoms with E-state index in [-0.39, 0.29) is 23.4 Å². The fraction of sp³-hybridized carbons (Fsp3) is 0.588. The summed E-state index contributed by atoms with van der Waals surface area (Å²) < 4.78 is 34.7. The zero-order valence-corrected chi connectivity index (χ0v) is 14.1. The number of carbonyl (C=O) groups excluding carboxylic acids is 1. The van der Waals surface area contributed by atoms with Gasteiger partial charge in [0.2, 0.25) is 5.91 Å². The van der Waals surface area contributed by atoms with Gasteiger partial charge < -0.3 is 19.7 Å². The molecule has 1 saturated heterocycles. The van der Waals surface area contributed by atoms with Gasteiger partial charge in [0, 0.05) is 13.6 Å². The molecular formula is C17H24F2N2O3. The van der Waals surface area contributed by atoms with E-state index in [4.69, 9.17) is 4.74 Å². The fourth-order valence-electron chi connectivity index (χ4n) is 2.79. The van der Waals surface area contributed by atoms with Crippen molar-refractivity contribution in [1.29, 1.82) is 0 Å². The molecule has 134 valence electrons. The van der Waals surface area contributed by atoms with E-state index in [0.717, 1.165) is 31.4 Å². The van der Waals surface area contributed by atoms with E-state index >= 15 is 0 Å². The largest absolute Gasteiger partial charge is 0.490 e. The molecule has 1 N–H and O–H groups in total. The highest BCUT2D eigenvalue weighted by Gasteiger charge is 2.23. The molecule has 1 aliphatic heterocycles. The molecule has 0 radical (unpaired) electrons. The molecule has 1 fully saturated rings. The fourth-order valence-corrected chi connectivity index (χ4v) is 2.79. The molecule has 1 aromatic carbocycles. The van der Waals surface area contributed by atoms with Gasteiger partial charge in [0.15, 0.2) is 11.5 Å². The van der Waals surface area contributed by atoms with Gasteiger partial charge in [-0.25, -0.2) is 0 Å². The zero-order valence-electron chi connectivity index (χ0n) is 14.1. The highest BCUT2D eigenvalue weighted by molar-refractivity contribution is 5.81. The molecule has 1 heterocycles. The van der Waals surface area contributed by atoms with Crippen LogP contribution in [0.5, 0.6) is 11.5 Å². The smallest absolute Gasteiger partial charge is 0.387 e. The van der Waals surface area contributed by atoms with Gasteiger partial charge in [-0.2, -0.15) is 8.78 Å². The molecule has 24 heavy (non-hydrogen) atoms. The van der Waals surface area contributed by atoms with Crippen molar-refractivity contribution in [3.63, 3.8) is 0 Å². The quantitative estimate of drug-likeness (QED) is 0.828. The molecule has 1 amide bonds. The van der Waals surface area contributed by atoms with Crippen LogP contribution in [-0.4, -0.2) is 43.7 Å². The second kappa shape index (κ2) is 8.82. The predicted molar refractivity (Wildman–Crippen MR) is 86.4 cm³/mol. The number of hydrogen-bond donors (Lipinski definition) is 1. The lowest BCUT2D eigenvalue weighted by Gasteiger charge is -2.27. The normalized spacial score (nSPS) is 17.6. The molecule has 0 spiro atoms. The Bertz CT molecular complexity index is 549. The van der Waals surface area contributed by atoms with Gasteiger partial charge in [0.1, 0.15) is 0 Å². The second-order valence-electron chi connectivity index (χ2n) is 5.79. The maximum absolute atomic E-state index is 12.4. The third-order valence-corrected chi connectivity index (χ3v) is 3.93. The maximum atomic E-state index is 12.4. The highest BCUT2D eigenvalue weighted by atomic mass is 19.3. The topological polar surface area (TPSA) is 50.8 Å². The van der Waals surface area contributed by atoms with Crippen LogP contribution >= 0.6 is 0 Å². The van der Waals surface area contributed by atoms with Gasteiger partial charge in [-0.1, -0.05) is 12.5 Å². The van der Waals surface area contributed by atoms with Crippen LogP contribution in [0.15, 0.2) is 18.2 Å². The van der Waals surface area contributed by atoms with E-state index in [2.05, 4.69) is 10.1 Å². The van der Waals surface area contributed by atoms with Crippen LogP contribution in [0.4, 0.5) is 8.78 Å². The van der Waals surface area contributed by atoms with Crippen molar-refractivity contribution in [2.75, 3.05) is 20.2 Å². The van der Waals surface area contributed by atoms with Crippen LogP contribution in [0, 0.1) is 0 Å². The van der Waals surface area contributed by atoms with E-state index < -0.39 is 6.61 Å². The molecule has 0 aromatic heterocycles. The number of rotatable bonds is 7. The van der Waals surface area contributed by atoms with Crippen molar-refractivity contribution in [1.82, 2.24) is 10.2 Å². The third-order valence-electron chi connectivity index (χ3n) is 3.93. The summed E-state index contributed by atoms with van der Waals surface area (Å²) in [6, 6.07) is 4.61. The van der Waals surface area contributed by atoms with E-state index in [1.165, 1.54) is 6.07 Å². The molecular weight excluding hydrogens is 318 g/mol. The first-order valence-corrected chi connectivity index (χ1v) is 8.20. The number of ether oxygens (including phenoxy) is 2. The third kappa shape index (κ3) is 5.06. The Morgan fingerprint density at radius 2 is 2.17 bits per heavy atom. The number of piperidine rings is 1. The summed E-state index contributed by atoms with van der Waals surface area (Å²) in [5.74, 6) is 0.297. The van der Waals surface area contributed by atoms with Gasteiger partial charge in [0.25, 0.3) is 0 Å². The lowest BCUT2D eigenvalue weighted by molar-refractivity contribution is -0.133. The van der Waals surface area contributed by atoms with E-state index in [1.807, 2.05) is 0 Å². The van der Waals surface area contributed by atoms with Crippen LogP contribution < -0.4 is 14.8 Å². The number of halogens is 2. The number of nitrogens with one attached hydrogen (secondary N) is 1. The molecule has 0 saturated carbocycles. The summed E-state index contributed by atoms with van der Waals surface area (Å²) in [5.41, 5.74) is 0.798. The molecule has 7 heteroatoms. The summed E-state index contributed by atoms with van der Waals surface area (Å²) >= 11 is 0.